The predicted molar refractivity (Wildman–Crippen MR) is 86.4 cm³/mol. The first-order valence-electron chi connectivity index (χ1n) is 7.24. The summed E-state index contributed by atoms with van der Waals surface area (Å²) in [5.41, 5.74) is 3.45. The zero-order chi connectivity index (χ0) is 15.1. The van der Waals surface area contributed by atoms with E-state index in [4.69, 9.17) is 10.2 Å². The van der Waals surface area contributed by atoms with Crippen LogP contribution in [-0.2, 0) is 13.0 Å². The number of rotatable bonds is 8. The van der Waals surface area contributed by atoms with Gasteiger partial charge in [0.05, 0.1) is 18.9 Å². The number of thiazole rings is 1. The molecule has 2 N–H and O–H groups in total. The Hall–Kier alpha value is -1.27. The highest BCUT2D eigenvalue weighted by Gasteiger charge is 2.09. The maximum Gasteiger partial charge on any atom is 0.123 e. The highest BCUT2D eigenvalue weighted by Crippen LogP contribution is 2.24. The van der Waals surface area contributed by atoms with Crippen molar-refractivity contribution in [3.05, 3.63) is 40.9 Å². The summed E-state index contributed by atoms with van der Waals surface area (Å²) in [6.07, 6.45) is 1.04. The van der Waals surface area contributed by atoms with Gasteiger partial charge < -0.3 is 10.2 Å². The van der Waals surface area contributed by atoms with Crippen LogP contribution in [0.1, 0.15) is 18.2 Å². The minimum absolute atomic E-state index is 0.0927. The molecule has 4 nitrogen and oxygen atoms in total. The van der Waals surface area contributed by atoms with Crippen molar-refractivity contribution in [1.82, 2.24) is 9.88 Å². The average Bonchev–Trinajstić information content (AvgIpc) is 2.96. The van der Waals surface area contributed by atoms with Crippen LogP contribution >= 0.6 is 11.3 Å². The Morgan fingerprint density at radius 1 is 1.10 bits per heavy atom. The molecule has 1 heterocycles. The van der Waals surface area contributed by atoms with Gasteiger partial charge in [0, 0.05) is 30.6 Å². The van der Waals surface area contributed by atoms with E-state index in [1.165, 1.54) is 5.56 Å². The predicted octanol–water partition coefficient (Wildman–Crippen LogP) is 2.16. The van der Waals surface area contributed by atoms with E-state index in [1.807, 2.05) is 10.3 Å². The summed E-state index contributed by atoms with van der Waals surface area (Å²) < 4.78 is 0. The number of benzene rings is 1. The fourth-order valence-corrected chi connectivity index (χ4v) is 2.99. The minimum Gasteiger partial charge on any atom is -0.395 e. The third kappa shape index (κ3) is 4.61. The number of nitrogens with zero attached hydrogens (tertiary/aromatic N) is 2. The molecule has 21 heavy (non-hydrogen) atoms. The minimum atomic E-state index is 0.0927. The quantitative estimate of drug-likeness (QED) is 0.785. The first kappa shape index (κ1) is 16.1. The van der Waals surface area contributed by atoms with Gasteiger partial charge in [0.1, 0.15) is 5.01 Å². The maximum atomic E-state index is 9.03. The Bertz CT molecular complexity index is 533. The summed E-state index contributed by atoms with van der Waals surface area (Å²) in [5.74, 6) is 0. The lowest BCUT2D eigenvalue weighted by Crippen LogP contribution is -2.29. The maximum absolute atomic E-state index is 9.03. The van der Waals surface area contributed by atoms with Crippen molar-refractivity contribution in [3.63, 3.8) is 0 Å². The van der Waals surface area contributed by atoms with Crippen molar-refractivity contribution in [1.29, 1.82) is 0 Å². The molecule has 0 aliphatic rings. The van der Waals surface area contributed by atoms with Gasteiger partial charge in [-0.15, -0.1) is 11.3 Å². The number of aromatic nitrogens is 1. The normalized spacial score (nSPS) is 11.2. The molecule has 5 heteroatoms. The van der Waals surface area contributed by atoms with Crippen molar-refractivity contribution in [2.24, 2.45) is 0 Å². The lowest BCUT2D eigenvalue weighted by atomic mass is 10.1. The monoisotopic (exact) mass is 306 g/mol. The zero-order valence-electron chi connectivity index (χ0n) is 12.3. The lowest BCUT2D eigenvalue weighted by Gasteiger charge is -2.18. The van der Waals surface area contributed by atoms with E-state index >= 15 is 0 Å². The first-order valence-corrected chi connectivity index (χ1v) is 8.12. The SMILES string of the molecule is CCc1ccc(-c2nc(CN(CCO)CCO)cs2)cc1. The summed E-state index contributed by atoms with van der Waals surface area (Å²) in [6, 6.07) is 8.50. The topological polar surface area (TPSA) is 56.6 Å². The molecule has 0 aliphatic carbocycles. The van der Waals surface area contributed by atoms with Crippen molar-refractivity contribution in [2.75, 3.05) is 26.3 Å². The van der Waals surface area contributed by atoms with E-state index in [-0.39, 0.29) is 13.2 Å². The molecule has 0 saturated carbocycles. The van der Waals surface area contributed by atoms with Crippen molar-refractivity contribution >= 4 is 11.3 Å². The number of aryl methyl sites for hydroxylation is 1. The van der Waals surface area contributed by atoms with Gasteiger partial charge >= 0.3 is 0 Å². The van der Waals surface area contributed by atoms with Gasteiger partial charge in [0.15, 0.2) is 0 Å². The van der Waals surface area contributed by atoms with Gasteiger partial charge in [-0.05, 0) is 12.0 Å². The van der Waals surface area contributed by atoms with E-state index < -0.39 is 0 Å². The number of aliphatic hydroxyl groups excluding tert-OH is 2. The molecule has 2 aromatic rings. The van der Waals surface area contributed by atoms with Gasteiger partial charge in [0.2, 0.25) is 0 Å². The van der Waals surface area contributed by atoms with E-state index in [9.17, 15) is 0 Å². The summed E-state index contributed by atoms with van der Waals surface area (Å²) in [6.45, 7) is 4.10. The van der Waals surface area contributed by atoms with Crippen LogP contribution in [-0.4, -0.2) is 46.4 Å². The van der Waals surface area contributed by atoms with Crippen LogP contribution < -0.4 is 0 Å². The highest BCUT2D eigenvalue weighted by atomic mass is 32.1. The van der Waals surface area contributed by atoms with Crippen LogP contribution in [0.5, 0.6) is 0 Å². The Morgan fingerprint density at radius 2 is 1.76 bits per heavy atom. The molecule has 0 bridgehead atoms. The van der Waals surface area contributed by atoms with Gasteiger partial charge in [-0.25, -0.2) is 4.98 Å². The fourth-order valence-electron chi connectivity index (χ4n) is 2.18. The van der Waals surface area contributed by atoms with Crippen molar-refractivity contribution in [3.8, 4) is 10.6 Å². The van der Waals surface area contributed by atoms with Crippen molar-refractivity contribution < 1.29 is 10.2 Å². The highest BCUT2D eigenvalue weighted by molar-refractivity contribution is 7.13. The Balaban J connectivity index is 2.05. The molecule has 0 atom stereocenters. The van der Waals surface area contributed by atoms with E-state index in [0.717, 1.165) is 22.7 Å². The zero-order valence-corrected chi connectivity index (χ0v) is 13.1. The average molecular weight is 306 g/mol. The van der Waals surface area contributed by atoms with E-state index in [1.54, 1.807) is 11.3 Å². The standard InChI is InChI=1S/C16H22N2O2S/c1-2-13-3-5-14(6-4-13)16-17-15(12-21-16)11-18(7-9-19)8-10-20/h3-6,12,19-20H,2,7-11H2,1H3. The molecule has 1 aromatic carbocycles. The molecule has 0 amide bonds. The van der Waals surface area contributed by atoms with Gasteiger partial charge in [0.25, 0.3) is 0 Å². The van der Waals surface area contributed by atoms with Gasteiger partial charge in [-0.1, -0.05) is 31.2 Å². The molecule has 0 radical (unpaired) electrons. The molecule has 2 rings (SSSR count). The van der Waals surface area contributed by atoms with Crippen LogP contribution in [0.4, 0.5) is 0 Å². The molecule has 0 spiro atoms. The van der Waals surface area contributed by atoms with Crippen LogP contribution in [0, 0.1) is 0 Å². The Morgan fingerprint density at radius 3 is 2.33 bits per heavy atom. The molecule has 0 aliphatic heterocycles. The summed E-state index contributed by atoms with van der Waals surface area (Å²) in [7, 11) is 0. The first-order chi connectivity index (χ1) is 10.3. The Labute approximate surface area is 129 Å². The van der Waals surface area contributed by atoms with E-state index in [0.29, 0.717) is 19.6 Å². The third-order valence-corrected chi connectivity index (χ3v) is 4.32. The smallest absolute Gasteiger partial charge is 0.123 e. The van der Waals surface area contributed by atoms with Gasteiger partial charge in [-0.3, -0.25) is 4.90 Å². The van der Waals surface area contributed by atoms with Crippen LogP contribution in [0.25, 0.3) is 10.6 Å². The molecular formula is C16H22N2O2S. The molecule has 1 aromatic heterocycles. The largest absolute Gasteiger partial charge is 0.395 e. The molecule has 0 fully saturated rings. The fraction of sp³-hybridized carbons (Fsp3) is 0.438. The van der Waals surface area contributed by atoms with Crippen LogP contribution in [0.3, 0.4) is 0 Å². The number of aliphatic hydroxyl groups is 2. The summed E-state index contributed by atoms with van der Waals surface area (Å²) in [4.78, 5) is 6.65. The Kier molecular flexibility index (Phi) is 6.32. The number of hydrogen-bond acceptors (Lipinski definition) is 5. The second-order valence-corrected chi connectivity index (χ2v) is 5.78. The molecule has 114 valence electrons. The number of hydrogen-bond donors (Lipinski definition) is 2. The lowest BCUT2D eigenvalue weighted by molar-refractivity contribution is 0.155. The van der Waals surface area contributed by atoms with Crippen LogP contribution in [0.2, 0.25) is 0 Å². The van der Waals surface area contributed by atoms with E-state index in [2.05, 4.69) is 36.2 Å². The second kappa shape index (κ2) is 8.24. The third-order valence-electron chi connectivity index (χ3n) is 3.38. The second-order valence-electron chi connectivity index (χ2n) is 4.92. The van der Waals surface area contributed by atoms with Gasteiger partial charge in [-0.2, -0.15) is 0 Å². The summed E-state index contributed by atoms with van der Waals surface area (Å²) >= 11 is 1.63. The molecular weight excluding hydrogens is 284 g/mol. The molecule has 0 unspecified atom stereocenters. The summed E-state index contributed by atoms with van der Waals surface area (Å²) in [5, 5.41) is 21.1. The van der Waals surface area contributed by atoms with Crippen molar-refractivity contribution in [2.45, 2.75) is 19.9 Å². The van der Waals surface area contributed by atoms with Crippen LogP contribution in [0.15, 0.2) is 29.6 Å². The molecule has 0 saturated heterocycles.